The smallest absolute Gasteiger partial charge is 0.250 e. The summed E-state index contributed by atoms with van der Waals surface area (Å²) in [7, 11) is 0. The number of rotatable bonds is 4. The van der Waals surface area contributed by atoms with E-state index in [9.17, 15) is 4.79 Å². The van der Waals surface area contributed by atoms with E-state index < -0.39 is 0 Å². The van der Waals surface area contributed by atoms with Gasteiger partial charge < -0.3 is 0 Å². The predicted molar refractivity (Wildman–Crippen MR) is 89.4 cm³/mol. The highest BCUT2D eigenvalue weighted by Gasteiger charge is 1.99. The maximum atomic E-state index is 11.7. The molecule has 21 heavy (non-hydrogen) atoms. The maximum absolute atomic E-state index is 11.7. The van der Waals surface area contributed by atoms with Crippen molar-refractivity contribution in [1.29, 1.82) is 0 Å². The Hall–Kier alpha value is -2.66. The number of amides is 1. The van der Waals surface area contributed by atoms with Gasteiger partial charge in [-0.1, -0.05) is 48.5 Å². The van der Waals surface area contributed by atoms with Crippen molar-refractivity contribution >= 4 is 35.0 Å². The molecule has 1 amide bonds. The Morgan fingerprint density at radius 3 is 2.24 bits per heavy atom. The minimum absolute atomic E-state index is 0.210. The minimum atomic E-state index is -0.286. The quantitative estimate of drug-likeness (QED) is 0.461. The number of benzene rings is 2. The Bertz CT molecular complexity index is 626. The second-order valence-electron chi connectivity index (χ2n) is 4.18. The first-order valence-electron chi connectivity index (χ1n) is 6.39. The third kappa shape index (κ3) is 5.46. The largest absolute Gasteiger partial charge is 0.299 e. The molecular weight excluding hydrogens is 282 g/mol. The van der Waals surface area contributed by atoms with Gasteiger partial charge in [-0.2, -0.15) is 0 Å². The highest BCUT2D eigenvalue weighted by atomic mass is 32.1. The Morgan fingerprint density at radius 1 is 0.952 bits per heavy atom. The van der Waals surface area contributed by atoms with Crippen LogP contribution < -0.4 is 16.2 Å². The van der Waals surface area contributed by atoms with E-state index in [1.807, 2.05) is 60.7 Å². The van der Waals surface area contributed by atoms with E-state index in [2.05, 4.69) is 16.2 Å². The van der Waals surface area contributed by atoms with Crippen molar-refractivity contribution in [2.24, 2.45) is 0 Å². The molecule has 0 spiro atoms. The second kappa shape index (κ2) is 7.81. The van der Waals surface area contributed by atoms with Crippen LogP contribution in [0, 0.1) is 0 Å². The van der Waals surface area contributed by atoms with Gasteiger partial charge in [-0.25, -0.2) is 0 Å². The highest BCUT2D eigenvalue weighted by molar-refractivity contribution is 7.80. The monoisotopic (exact) mass is 297 g/mol. The van der Waals surface area contributed by atoms with Crippen LogP contribution >= 0.6 is 12.2 Å². The first-order valence-corrected chi connectivity index (χ1v) is 6.80. The van der Waals surface area contributed by atoms with Crippen LogP contribution in [0.15, 0.2) is 66.7 Å². The van der Waals surface area contributed by atoms with Gasteiger partial charge in [0.2, 0.25) is 5.91 Å². The van der Waals surface area contributed by atoms with Crippen molar-refractivity contribution in [3.05, 3.63) is 72.3 Å². The standard InChI is InChI=1S/C16H15N3OS/c20-15(12-11-13-7-3-1-4-8-13)17-16(21)19-18-14-9-5-2-6-10-14/h1-12,18H,(H2,17,19,20,21)/b12-11+. The van der Waals surface area contributed by atoms with Crippen LogP contribution in [0.25, 0.3) is 6.08 Å². The number of carbonyl (C=O) groups is 1. The summed E-state index contributed by atoms with van der Waals surface area (Å²) in [4.78, 5) is 11.7. The Kier molecular flexibility index (Phi) is 5.49. The van der Waals surface area contributed by atoms with E-state index in [1.54, 1.807) is 6.08 Å². The fourth-order valence-corrected chi connectivity index (χ4v) is 1.72. The van der Waals surface area contributed by atoms with E-state index in [4.69, 9.17) is 12.2 Å². The lowest BCUT2D eigenvalue weighted by Crippen LogP contribution is -2.41. The molecule has 0 aliphatic rings. The average molecular weight is 297 g/mol. The molecule has 5 heteroatoms. The van der Waals surface area contributed by atoms with Gasteiger partial charge in [0.15, 0.2) is 5.11 Å². The zero-order valence-corrected chi connectivity index (χ0v) is 12.1. The fraction of sp³-hybridized carbons (Fsp3) is 0. The zero-order chi connectivity index (χ0) is 14.9. The highest BCUT2D eigenvalue weighted by Crippen LogP contribution is 2.02. The third-order valence-electron chi connectivity index (χ3n) is 2.56. The predicted octanol–water partition coefficient (Wildman–Crippen LogP) is 2.72. The van der Waals surface area contributed by atoms with E-state index in [0.29, 0.717) is 0 Å². The molecule has 4 nitrogen and oxygen atoms in total. The molecule has 2 aromatic rings. The van der Waals surface area contributed by atoms with Crippen LogP contribution in [0.1, 0.15) is 5.56 Å². The van der Waals surface area contributed by atoms with E-state index >= 15 is 0 Å². The summed E-state index contributed by atoms with van der Waals surface area (Å²) in [6, 6.07) is 19.0. The Balaban J connectivity index is 1.77. The molecule has 0 aromatic heterocycles. The number of hydrazine groups is 1. The number of hydrogen-bond donors (Lipinski definition) is 3. The zero-order valence-electron chi connectivity index (χ0n) is 11.2. The molecule has 0 heterocycles. The molecule has 0 saturated heterocycles. The summed E-state index contributed by atoms with van der Waals surface area (Å²) in [6.07, 6.45) is 3.16. The molecule has 2 aromatic carbocycles. The fourth-order valence-electron chi connectivity index (χ4n) is 1.57. The summed E-state index contributed by atoms with van der Waals surface area (Å²) >= 11 is 5.02. The summed E-state index contributed by atoms with van der Waals surface area (Å²) in [6.45, 7) is 0. The van der Waals surface area contributed by atoms with E-state index in [1.165, 1.54) is 6.08 Å². The average Bonchev–Trinajstić information content (AvgIpc) is 2.53. The van der Waals surface area contributed by atoms with Crippen LogP contribution in [-0.4, -0.2) is 11.0 Å². The van der Waals surface area contributed by atoms with Gasteiger partial charge >= 0.3 is 0 Å². The summed E-state index contributed by atoms with van der Waals surface area (Å²) in [5.41, 5.74) is 7.45. The SMILES string of the molecule is O=C(/C=C/c1ccccc1)NC(=S)NNc1ccccc1. The van der Waals surface area contributed by atoms with Gasteiger partial charge in [-0.15, -0.1) is 0 Å². The van der Waals surface area contributed by atoms with Crippen molar-refractivity contribution in [1.82, 2.24) is 10.7 Å². The van der Waals surface area contributed by atoms with Gasteiger partial charge in [0, 0.05) is 6.08 Å². The number of thiocarbonyl (C=S) groups is 1. The third-order valence-corrected chi connectivity index (χ3v) is 2.76. The first-order chi connectivity index (χ1) is 10.2. The van der Waals surface area contributed by atoms with Crippen molar-refractivity contribution in [2.45, 2.75) is 0 Å². The number of anilines is 1. The Labute approximate surface area is 128 Å². The van der Waals surface area contributed by atoms with Crippen molar-refractivity contribution in [3.63, 3.8) is 0 Å². The molecular formula is C16H15N3OS. The number of hydrogen-bond acceptors (Lipinski definition) is 3. The van der Waals surface area contributed by atoms with Gasteiger partial charge in [-0.05, 0) is 36.0 Å². The number of nitrogens with one attached hydrogen (secondary N) is 3. The molecule has 2 rings (SSSR count). The summed E-state index contributed by atoms with van der Waals surface area (Å²) < 4.78 is 0. The molecule has 3 N–H and O–H groups in total. The lowest BCUT2D eigenvalue weighted by atomic mass is 10.2. The van der Waals surface area contributed by atoms with Gasteiger partial charge in [0.05, 0.1) is 5.69 Å². The van der Waals surface area contributed by atoms with Crippen LogP contribution in [-0.2, 0) is 4.79 Å². The number of carbonyl (C=O) groups excluding carboxylic acids is 1. The lowest BCUT2D eigenvalue weighted by Gasteiger charge is -2.10. The van der Waals surface area contributed by atoms with Gasteiger partial charge in [0.25, 0.3) is 0 Å². The summed E-state index contributed by atoms with van der Waals surface area (Å²) in [5.74, 6) is -0.286. The van der Waals surface area contributed by atoms with Crippen LogP contribution in [0.4, 0.5) is 5.69 Å². The summed E-state index contributed by atoms with van der Waals surface area (Å²) in [5, 5.41) is 2.76. The van der Waals surface area contributed by atoms with Crippen LogP contribution in [0.3, 0.4) is 0 Å². The molecule has 0 saturated carbocycles. The Morgan fingerprint density at radius 2 is 1.57 bits per heavy atom. The maximum Gasteiger partial charge on any atom is 0.250 e. The number of para-hydroxylation sites is 1. The van der Waals surface area contributed by atoms with Crippen LogP contribution in [0.5, 0.6) is 0 Å². The van der Waals surface area contributed by atoms with Gasteiger partial charge in [-0.3, -0.25) is 21.0 Å². The van der Waals surface area contributed by atoms with Crippen molar-refractivity contribution < 1.29 is 4.79 Å². The molecule has 0 unspecified atom stereocenters. The van der Waals surface area contributed by atoms with E-state index in [-0.39, 0.29) is 11.0 Å². The molecule has 0 aliphatic heterocycles. The first kappa shape index (κ1) is 14.7. The lowest BCUT2D eigenvalue weighted by molar-refractivity contribution is -0.115. The van der Waals surface area contributed by atoms with Crippen molar-refractivity contribution in [3.8, 4) is 0 Å². The molecule has 0 fully saturated rings. The van der Waals surface area contributed by atoms with E-state index in [0.717, 1.165) is 11.3 Å². The molecule has 0 radical (unpaired) electrons. The van der Waals surface area contributed by atoms with Crippen LogP contribution in [0.2, 0.25) is 0 Å². The van der Waals surface area contributed by atoms with Crippen molar-refractivity contribution in [2.75, 3.05) is 5.43 Å². The van der Waals surface area contributed by atoms with Gasteiger partial charge in [0.1, 0.15) is 0 Å². The molecule has 0 aliphatic carbocycles. The topological polar surface area (TPSA) is 53.2 Å². The molecule has 106 valence electrons. The normalized spacial score (nSPS) is 10.1. The second-order valence-corrected chi connectivity index (χ2v) is 4.59. The minimum Gasteiger partial charge on any atom is -0.299 e. The molecule has 0 bridgehead atoms. The molecule has 0 atom stereocenters.